The predicted molar refractivity (Wildman–Crippen MR) is 73.3 cm³/mol. The molecule has 2 aromatic rings. The fourth-order valence-corrected chi connectivity index (χ4v) is 1.56. The summed E-state index contributed by atoms with van der Waals surface area (Å²) in [4.78, 5) is 4.33. The van der Waals surface area contributed by atoms with E-state index in [1.54, 1.807) is 0 Å². The summed E-state index contributed by atoms with van der Waals surface area (Å²) in [6, 6.07) is 10.0. The van der Waals surface area contributed by atoms with Gasteiger partial charge in [0, 0.05) is 6.42 Å². The number of rotatable bonds is 5. The molecule has 0 radical (unpaired) electrons. The third-order valence-electron chi connectivity index (χ3n) is 2.76. The first-order valence-corrected chi connectivity index (χ1v) is 6.17. The van der Waals surface area contributed by atoms with Crippen molar-refractivity contribution < 1.29 is 4.52 Å². The van der Waals surface area contributed by atoms with Gasteiger partial charge in [-0.05, 0) is 19.4 Å². The first-order valence-electron chi connectivity index (χ1n) is 6.17. The molecule has 1 aromatic carbocycles. The number of hydrogen-bond donors (Lipinski definition) is 1. The van der Waals surface area contributed by atoms with Gasteiger partial charge < -0.3 is 4.52 Å². The van der Waals surface area contributed by atoms with E-state index in [4.69, 9.17) is 10.9 Å². The average Bonchev–Trinajstić information content (AvgIpc) is 2.86. The maximum absolute atomic E-state index is 5.40. The first kappa shape index (κ1) is 13.3. The van der Waals surface area contributed by atoms with E-state index in [0.29, 0.717) is 24.7 Å². The van der Waals surface area contributed by atoms with E-state index in [0.717, 1.165) is 5.56 Å². The molecule has 4 nitrogen and oxygen atoms in total. The smallest absolute Gasteiger partial charge is 0.240 e. The SMILES string of the molecule is C#CC(C)(C)NCc1nc(Cc2ccccc2)no1. The van der Waals surface area contributed by atoms with Gasteiger partial charge in [0.05, 0.1) is 12.1 Å². The second-order valence-corrected chi connectivity index (χ2v) is 4.89. The van der Waals surface area contributed by atoms with Gasteiger partial charge in [-0.15, -0.1) is 6.42 Å². The number of nitrogens with zero attached hydrogens (tertiary/aromatic N) is 2. The zero-order valence-corrected chi connectivity index (χ0v) is 11.2. The average molecular weight is 255 g/mol. The minimum Gasteiger partial charge on any atom is -0.338 e. The van der Waals surface area contributed by atoms with E-state index in [9.17, 15) is 0 Å². The number of benzene rings is 1. The lowest BCUT2D eigenvalue weighted by atomic mass is 10.1. The molecule has 1 heterocycles. The zero-order chi connectivity index (χ0) is 13.7. The van der Waals surface area contributed by atoms with E-state index >= 15 is 0 Å². The minimum absolute atomic E-state index is 0.381. The predicted octanol–water partition coefficient (Wildman–Crippen LogP) is 2.16. The normalized spacial score (nSPS) is 11.2. The number of aromatic nitrogens is 2. The molecule has 19 heavy (non-hydrogen) atoms. The van der Waals surface area contributed by atoms with Crippen LogP contribution in [0.3, 0.4) is 0 Å². The van der Waals surface area contributed by atoms with Crippen molar-refractivity contribution in [2.24, 2.45) is 0 Å². The quantitative estimate of drug-likeness (QED) is 0.832. The van der Waals surface area contributed by atoms with Gasteiger partial charge in [-0.1, -0.05) is 41.4 Å². The Kier molecular flexibility index (Phi) is 3.98. The van der Waals surface area contributed by atoms with E-state index in [1.807, 2.05) is 44.2 Å². The monoisotopic (exact) mass is 255 g/mol. The van der Waals surface area contributed by atoms with E-state index in [2.05, 4.69) is 21.4 Å². The van der Waals surface area contributed by atoms with Crippen LogP contribution in [0.5, 0.6) is 0 Å². The van der Waals surface area contributed by atoms with E-state index in [-0.39, 0.29) is 5.54 Å². The molecule has 0 amide bonds. The molecule has 2 rings (SSSR count). The van der Waals surface area contributed by atoms with Gasteiger partial charge in [-0.3, -0.25) is 5.32 Å². The standard InChI is InChI=1S/C15H17N3O/c1-4-15(2,3)16-11-14-17-13(18-19-14)10-12-8-6-5-7-9-12/h1,5-9,16H,10-11H2,2-3H3. The third-order valence-corrected chi connectivity index (χ3v) is 2.76. The van der Waals surface area contributed by atoms with E-state index in [1.165, 1.54) is 0 Å². The van der Waals surface area contributed by atoms with Crippen LogP contribution in [0.4, 0.5) is 0 Å². The first-order chi connectivity index (χ1) is 9.09. The van der Waals surface area contributed by atoms with Gasteiger partial charge in [-0.25, -0.2) is 0 Å². The van der Waals surface area contributed by atoms with Crippen molar-refractivity contribution >= 4 is 0 Å². The summed E-state index contributed by atoms with van der Waals surface area (Å²) in [6.45, 7) is 4.32. The van der Waals surface area contributed by atoms with Crippen molar-refractivity contribution in [3.05, 3.63) is 47.6 Å². The van der Waals surface area contributed by atoms with Gasteiger partial charge in [0.25, 0.3) is 0 Å². The highest BCUT2D eigenvalue weighted by atomic mass is 16.5. The fraction of sp³-hybridized carbons (Fsp3) is 0.333. The molecule has 0 aliphatic heterocycles. The summed E-state index contributed by atoms with van der Waals surface area (Å²) >= 11 is 0. The maximum atomic E-state index is 5.40. The molecule has 0 aliphatic rings. The summed E-state index contributed by atoms with van der Waals surface area (Å²) < 4.78 is 5.18. The van der Waals surface area contributed by atoms with Gasteiger partial charge in [-0.2, -0.15) is 4.98 Å². The van der Waals surface area contributed by atoms with Gasteiger partial charge in [0.1, 0.15) is 0 Å². The lowest BCUT2D eigenvalue weighted by Gasteiger charge is -2.17. The van der Waals surface area contributed by atoms with Crippen molar-refractivity contribution in [1.82, 2.24) is 15.5 Å². The van der Waals surface area contributed by atoms with Crippen molar-refractivity contribution in [2.75, 3.05) is 0 Å². The van der Waals surface area contributed by atoms with Crippen molar-refractivity contribution in [2.45, 2.75) is 32.4 Å². The van der Waals surface area contributed by atoms with Gasteiger partial charge in [0.15, 0.2) is 5.82 Å². The Hall–Kier alpha value is -2.12. The molecule has 4 heteroatoms. The second kappa shape index (κ2) is 5.68. The van der Waals surface area contributed by atoms with Crippen molar-refractivity contribution in [3.63, 3.8) is 0 Å². The highest BCUT2D eigenvalue weighted by Gasteiger charge is 2.15. The van der Waals surface area contributed by atoms with Gasteiger partial charge >= 0.3 is 0 Å². The summed E-state index contributed by atoms with van der Waals surface area (Å²) in [5.74, 6) is 3.89. The number of terminal acetylenes is 1. The number of hydrogen-bond acceptors (Lipinski definition) is 4. The summed E-state index contributed by atoms with van der Waals surface area (Å²) in [5.41, 5.74) is 0.778. The second-order valence-electron chi connectivity index (χ2n) is 4.89. The van der Waals surface area contributed by atoms with Crippen LogP contribution < -0.4 is 5.32 Å². The Morgan fingerprint density at radius 2 is 2.05 bits per heavy atom. The van der Waals surface area contributed by atoms with Crippen LogP contribution in [-0.4, -0.2) is 15.7 Å². The molecule has 0 atom stereocenters. The number of nitrogens with one attached hydrogen (secondary N) is 1. The summed E-state index contributed by atoms with van der Waals surface area (Å²) in [6.07, 6.45) is 6.07. The Bertz CT molecular complexity index is 567. The lowest BCUT2D eigenvalue weighted by Crippen LogP contribution is -2.37. The molecule has 0 spiro atoms. The molecule has 0 bridgehead atoms. The van der Waals surface area contributed by atoms with Crippen LogP contribution in [-0.2, 0) is 13.0 Å². The highest BCUT2D eigenvalue weighted by Crippen LogP contribution is 2.07. The molecule has 0 unspecified atom stereocenters. The highest BCUT2D eigenvalue weighted by molar-refractivity contribution is 5.18. The summed E-state index contributed by atoms with van der Waals surface area (Å²) in [5, 5.41) is 7.13. The van der Waals surface area contributed by atoms with Crippen molar-refractivity contribution in [1.29, 1.82) is 0 Å². The molecule has 0 saturated heterocycles. The Morgan fingerprint density at radius 3 is 2.74 bits per heavy atom. The minimum atomic E-state index is -0.381. The molecule has 1 aromatic heterocycles. The zero-order valence-electron chi connectivity index (χ0n) is 11.2. The molecule has 0 saturated carbocycles. The Labute approximate surface area is 113 Å². The Balaban J connectivity index is 1.95. The fourth-order valence-electron chi connectivity index (χ4n) is 1.56. The largest absolute Gasteiger partial charge is 0.338 e. The summed E-state index contributed by atoms with van der Waals surface area (Å²) in [7, 11) is 0. The van der Waals surface area contributed by atoms with Crippen LogP contribution in [0.2, 0.25) is 0 Å². The van der Waals surface area contributed by atoms with Crippen LogP contribution in [0, 0.1) is 12.3 Å². The molecule has 0 aliphatic carbocycles. The molecular weight excluding hydrogens is 238 g/mol. The molecule has 1 N–H and O–H groups in total. The van der Waals surface area contributed by atoms with Crippen LogP contribution >= 0.6 is 0 Å². The molecule has 0 fully saturated rings. The topological polar surface area (TPSA) is 51.0 Å². The van der Waals surface area contributed by atoms with Crippen LogP contribution in [0.25, 0.3) is 0 Å². The van der Waals surface area contributed by atoms with E-state index < -0.39 is 0 Å². The molecule has 98 valence electrons. The lowest BCUT2D eigenvalue weighted by molar-refractivity contribution is 0.347. The van der Waals surface area contributed by atoms with Crippen LogP contribution in [0.1, 0.15) is 31.1 Å². The molecular formula is C15H17N3O. The Morgan fingerprint density at radius 1 is 1.32 bits per heavy atom. The van der Waals surface area contributed by atoms with Crippen LogP contribution in [0.15, 0.2) is 34.9 Å². The third kappa shape index (κ3) is 3.94. The van der Waals surface area contributed by atoms with Gasteiger partial charge in [0.2, 0.25) is 5.89 Å². The van der Waals surface area contributed by atoms with Crippen molar-refractivity contribution in [3.8, 4) is 12.3 Å². The maximum Gasteiger partial charge on any atom is 0.240 e.